The molecule has 3 rings (SSSR count). The molecule has 0 fully saturated rings. The number of anilines is 1. The summed E-state index contributed by atoms with van der Waals surface area (Å²) >= 11 is 1.38. The molecule has 1 aliphatic rings. The van der Waals surface area contributed by atoms with Gasteiger partial charge in [0.15, 0.2) is 0 Å². The molecule has 0 amide bonds. The zero-order valence-corrected chi connectivity index (χ0v) is 16.0. The average molecular weight is 360 g/mol. The second-order valence-electron chi connectivity index (χ2n) is 6.30. The normalized spacial score (nSPS) is 14.7. The van der Waals surface area contributed by atoms with Crippen molar-refractivity contribution in [3.63, 3.8) is 0 Å². The van der Waals surface area contributed by atoms with Crippen molar-refractivity contribution in [2.24, 2.45) is 0 Å². The van der Waals surface area contributed by atoms with E-state index in [4.69, 9.17) is 4.74 Å². The summed E-state index contributed by atoms with van der Waals surface area (Å²) in [5.74, 6) is 1.39. The van der Waals surface area contributed by atoms with E-state index in [0.29, 0.717) is 17.2 Å². The standard InChI is InChI=1S/C18H24N4O2S/c1-5-24-18(23)15-10(2)20-17(25-15)11(3)19-16-13-8-6-7-9-14(13)21-12(4)22-16/h11H,5-9H2,1-4H3,(H,19,21,22). The lowest BCUT2D eigenvalue weighted by atomic mass is 9.96. The van der Waals surface area contributed by atoms with Crippen LogP contribution in [0.2, 0.25) is 0 Å². The zero-order chi connectivity index (χ0) is 18.0. The van der Waals surface area contributed by atoms with Gasteiger partial charge in [0.2, 0.25) is 0 Å². The highest BCUT2D eigenvalue weighted by atomic mass is 32.1. The van der Waals surface area contributed by atoms with E-state index in [1.165, 1.54) is 29.7 Å². The Kier molecular flexibility index (Phi) is 5.32. The Morgan fingerprint density at radius 1 is 1.24 bits per heavy atom. The van der Waals surface area contributed by atoms with Crippen LogP contribution in [-0.4, -0.2) is 27.5 Å². The quantitative estimate of drug-likeness (QED) is 0.818. The lowest BCUT2D eigenvalue weighted by Crippen LogP contribution is -2.16. The number of thiazole rings is 1. The van der Waals surface area contributed by atoms with Crippen molar-refractivity contribution in [3.05, 3.63) is 32.7 Å². The summed E-state index contributed by atoms with van der Waals surface area (Å²) in [5.41, 5.74) is 3.10. The van der Waals surface area contributed by atoms with E-state index in [0.717, 1.165) is 35.2 Å². The fourth-order valence-corrected chi connectivity index (χ4v) is 4.06. The second kappa shape index (κ2) is 7.47. The van der Waals surface area contributed by atoms with E-state index in [1.807, 2.05) is 20.8 Å². The molecule has 2 aromatic rings. The fraction of sp³-hybridized carbons (Fsp3) is 0.556. The van der Waals surface area contributed by atoms with Crippen molar-refractivity contribution in [2.75, 3.05) is 11.9 Å². The van der Waals surface area contributed by atoms with Crippen LogP contribution in [0.25, 0.3) is 0 Å². The van der Waals surface area contributed by atoms with E-state index in [-0.39, 0.29) is 12.0 Å². The van der Waals surface area contributed by atoms with Crippen LogP contribution in [0.15, 0.2) is 0 Å². The minimum Gasteiger partial charge on any atom is -0.462 e. The Morgan fingerprint density at radius 3 is 2.76 bits per heavy atom. The van der Waals surface area contributed by atoms with Gasteiger partial charge in [-0.25, -0.2) is 19.7 Å². The molecule has 1 N–H and O–H groups in total. The van der Waals surface area contributed by atoms with Crippen LogP contribution >= 0.6 is 11.3 Å². The molecule has 0 spiro atoms. The maximum atomic E-state index is 12.0. The maximum Gasteiger partial charge on any atom is 0.350 e. The van der Waals surface area contributed by atoms with E-state index < -0.39 is 0 Å². The van der Waals surface area contributed by atoms with E-state index in [2.05, 4.69) is 20.3 Å². The number of carbonyl (C=O) groups excluding carboxylic acids is 1. The number of rotatable bonds is 5. The number of esters is 1. The Labute approximate surface area is 152 Å². The topological polar surface area (TPSA) is 77.0 Å². The van der Waals surface area contributed by atoms with Crippen LogP contribution < -0.4 is 5.32 Å². The van der Waals surface area contributed by atoms with Crippen molar-refractivity contribution < 1.29 is 9.53 Å². The maximum absolute atomic E-state index is 12.0. The van der Waals surface area contributed by atoms with E-state index in [9.17, 15) is 4.79 Å². The molecule has 25 heavy (non-hydrogen) atoms. The molecule has 1 aliphatic carbocycles. The van der Waals surface area contributed by atoms with Gasteiger partial charge in [0.25, 0.3) is 0 Å². The van der Waals surface area contributed by atoms with E-state index >= 15 is 0 Å². The van der Waals surface area contributed by atoms with Gasteiger partial charge in [-0.3, -0.25) is 0 Å². The van der Waals surface area contributed by atoms with Gasteiger partial charge < -0.3 is 10.1 Å². The summed E-state index contributed by atoms with van der Waals surface area (Å²) in [5, 5.41) is 4.35. The molecule has 0 saturated heterocycles. The third-order valence-electron chi connectivity index (χ3n) is 4.29. The molecule has 6 nitrogen and oxygen atoms in total. The highest BCUT2D eigenvalue weighted by Crippen LogP contribution is 2.30. The summed E-state index contributed by atoms with van der Waals surface area (Å²) in [6.07, 6.45) is 4.39. The molecule has 2 heterocycles. The molecule has 0 saturated carbocycles. The van der Waals surface area contributed by atoms with Crippen molar-refractivity contribution in [1.82, 2.24) is 15.0 Å². The number of fused-ring (bicyclic) bond motifs is 1. The fourth-order valence-electron chi connectivity index (χ4n) is 3.09. The van der Waals surface area contributed by atoms with Gasteiger partial charge in [0.1, 0.15) is 21.5 Å². The van der Waals surface area contributed by atoms with Gasteiger partial charge >= 0.3 is 5.97 Å². The lowest BCUT2D eigenvalue weighted by molar-refractivity contribution is 0.0531. The molecule has 1 atom stereocenters. The molecule has 134 valence electrons. The largest absolute Gasteiger partial charge is 0.462 e. The first-order valence-corrected chi connectivity index (χ1v) is 9.58. The van der Waals surface area contributed by atoms with Crippen molar-refractivity contribution >= 4 is 23.1 Å². The van der Waals surface area contributed by atoms with Crippen LogP contribution in [0.5, 0.6) is 0 Å². The van der Waals surface area contributed by atoms with Crippen LogP contribution in [0.4, 0.5) is 5.82 Å². The first kappa shape index (κ1) is 17.8. The predicted molar refractivity (Wildman–Crippen MR) is 98.3 cm³/mol. The number of aromatic nitrogens is 3. The Morgan fingerprint density at radius 2 is 2.00 bits per heavy atom. The summed E-state index contributed by atoms with van der Waals surface area (Å²) in [4.78, 5) is 26.3. The van der Waals surface area contributed by atoms with Crippen molar-refractivity contribution in [2.45, 2.75) is 59.4 Å². The summed E-state index contributed by atoms with van der Waals surface area (Å²) < 4.78 is 5.10. The SMILES string of the molecule is CCOC(=O)c1sc(C(C)Nc2nc(C)nc3c2CCCC3)nc1C. The van der Waals surface area contributed by atoms with Crippen LogP contribution in [0.3, 0.4) is 0 Å². The number of nitrogens with one attached hydrogen (secondary N) is 1. The number of nitrogens with zero attached hydrogens (tertiary/aromatic N) is 3. The molecular formula is C18H24N4O2S. The van der Waals surface area contributed by atoms with Crippen LogP contribution in [0, 0.1) is 13.8 Å². The summed E-state index contributed by atoms with van der Waals surface area (Å²) in [6.45, 7) is 7.98. The van der Waals surface area contributed by atoms with Crippen LogP contribution in [0.1, 0.15) is 70.2 Å². The van der Waals surface area contributed by atoms with Gasteiger partial charge in [0, 0.05) is 11.3 Å². The average Bonchev–Trinajstić information content (AvgIpc) is 2.97. The minimum absolute atomic E-state index is 0.0350. The van der Waals surface area contributed by atoms with Gasteiger partial charge in [-0.2, -0.15) is 0 Å². The Balaban J connectivity index is 1.83. The van der Waals surface area contributed by atoms with Crippen molar-refractivity contribution in [3.8, 4) is 0 Å². The molecule has 1 unspecified atom stereocenters. The Bertz CT molecular complexity index is 788. The molecule has 0 aliphatic heterocycles. The smallest absolute Gasteiger partial charge is 0.350 e. The number of hydrogen-bond donors (Lipinski definition) is 1. The molecule has 7 heteroatoms. The zero-order valence-electron chi connectivity index (χ0n) is 15.2. The van der Waals surface area contributed by atoms with Crippen LogP contribution in [-0.2, 0) is 17.6 Å². The minimum atomic E-state index is -0.300. The molecule has 0 radical (unpaired) electrons. The number of hydrogen-bond acceptors (Lipinski definition) is 7. The van der Waals surface area contributed by atoms with Gasteiger partial charge in [-0.1, -0.05) is 0 Å². The molecule has 2 aromatic heterocycles. The van der Waals surface area contributed by atoms with E-state index in [1.54, 1.807) is 6.92 Å². The lowest BCUT2D eigenvalue weighted by Gasteiger charge is -2.21. The summed E-state index contributed by atoms with van der Waals surface area (Å²) in [7, 11) is 0. The van der Waals surface area contributed by atoms with Gasteiger partial charge in [-0.15, -0.1) is 11.3 Å². The monoisotopic (exact) mass is 360 g/mol. The van der Waals surface area contributed by atoms with Gasteiger partial charge in [-0.05, 0) is 53.4 Å². The predicted octanol–water partition coefficient (Wildman–Crippen LogP) is 3.78. The Hall–Kier alpha value is -2.02. The highest BCUT2D eigenvalue weighted by molar-refractivity contribution is 7.13. The first-order valence-electron chi connectivity index (χ1n) is 8.77. The highest BCUT2D eigenvalue weighted by Gasteiger charge is 2.22. The van der Waals surface area contributed by atoms with Crippen molar-refractivity contribution in [1.29, 1.82) is 0 Å². The number of carbonyl (C=O) groups is 1. The molecular weight excluding hydrogens is 336 g/mol. The first-order chi connectivity index (χ1) is 12.0. The third-order valence-corrected chi connectivity index (χ3v) is 5.61. The molecule has 0 bridgehead atoms. The summed E-state index contributed by atoms with van der Waals surface area (Å²) in [6, 6.07) is -0.0350. The third kappa shape index (κ3) is 3.81. The number of ether oxygens (including phenoxy) is 1. The second-order valence-corrected chi connectivity index (χ2v) is 7.34. The number of aryl methyl sites for hydroxylation is 3. The van der Waals surface area contributed by atoms with Gasteiger partial charge in [0.05, 0.1) is 18.3 Å². The molecule has 0 aromatic carbocycles.